The first-order chi connectivity index (χ1) is 16.2. The largest absolute Gasteiger partial charge is 0.497 e. The van der Waals surface area contributed by atoms with Gasteiger partial charge in [-0.3, -0.25) is 9.69 Å². The highest BCUT2D eigenvalue weighted by molar-refractivity contribution is 6.13. The van der Waals surface area contributed by atoms with Crippen LogP contribution in [0.1, 0.15) is 10.4 Å². The Balaban J connectivity index is 1.41. The minimum Gasteiger partial charge on any atom is -0.497 e. The van der Waals surface area contributed by atoms with Crippen LogP contribution < -0.4 is 20.1 Å². The zero-order valence-electron chi connectivity index (χ0n) is 18.6. The Morgan fingerprint density at radius 2 is 1.76 bits per heavy atom. The number of fused-ring (bicyclic) bond motifs is 2. The van der Waals surface area contributed by atoms with E-state index in [1.165, 1.54) is 0 Å². The molecule has 0 aliphatic carbocycles. The molecule has 33 heavy (non-hydrogen) atoms. The van der Waals surface area contributed by atoms with Crippen molar-refractivity contribution < 1.29 is 19.0 Å². The molecule has 0 saturated carbocycles. The molecule has 3 aromatic rings. The fraction of sp³-hybridized carbons (Fsp3) is 0.269. The average Bonchev–Trinajstić information content (AvgIpc) is 3.00. The van der Waals surface area contributed by atoms with E-state index >= 15 is 0 Å². The predicted octanol–water partition coefficient (Wildman–Crippen LogP) is 4.38. The number of benzene rings is 3. The van der Waals surface area contributed by atoms with Crippen molar-refractivity contribution in [3.05, 3.63) is 66.2 Å². The summed E-state index contributed by atoms with van der Waals surface area (Å²) >= 11 is 0. The molecule has 170 valence electrons. The maximum absolute atomic E-state index is 12.9. The third-order valence-corrected chi connectivity index (χ3v) is 5.97. The van der Waals surface area contributed by atoms with E-state index in [0.717, 1.165) is 61.1 Å². The Labute approximate surface area is 193 Å². The summed E-state index contributed by atoms with van der Waals surface area (Å²) in [6, 6.07) is 19.3. The highest BCUT2D eigenvalue weighted by Gasteiger charge is 2.22. The molecule has 2 N–H and O–H groups in total. The van der Waals surface area contributed by atoms with Gasteiger partial charge >= 0.3 is 0 Å². The first kappa shape index (κ1) is 21.3. The van der Waals surface area contributed by atoms with Crippen molar-refractivity contribution in [1.29, 1.82) is 0 Å². The van der Waals surface area contributed by atoms with Crippen LogP contribution in [-0.2, 0) is 4.74 Å². The summed E-state index contributed by atoms with van der Waals surface area (Å²) in [7, 11) is 1.65. The molecule has 2 heterocycles. The van der Waals surface area contributed by atoms with Gasteiger partial charge in [0.1, 0.15) is 23.8 Å². The number of morpholine rings is 1. The van der Waals surface area contributed by atoms with Crippen molar-refractivity contribution in [2.75, 3.05) is 57.2 Å². The number of amides is 1. The molecule has 0 spiro atoms. The van der Waals surface area contributed by atoms with E-state index in [0.29, 0.717) is 23.6 Å². The summed E-state index contributed by atoms with van der Waals surface area (Å²) in [5.41, 5.74) is 4.77. The second-order valence-electron chi connectivity index (χ2n) is 8.05. The highest BCUT2D eigenvalue weighted by atomic mass is 16.5. The van der Waals surface area contributed by atoms with Crippen LogP contribution in [0, 0.1) is 0 Å². The third kappa shape index (κ3) is 4.65. The molecule has 0 bridgehead atoms. The van der Waals surface area contributed by atoms with Gasteiger partial charge in [0.15, 0.2) is 0 Å². The number of carbonyl (C=O) groups excluding carboxylic acids is 1. The molecule has 0 atom stereocenters. The van der Waals surface area contributed by atoms with Gasteiger partial charge in [-0.15, -0.1) is 0 Å². The molecule has 1 saturated heterocycles. The van der Waals surface area contributed by atoms with Crippen molar-refractivity contribution in [3.63, 3.8) is 0 Å². The van der Waals surface area contributed by atoms with Gasteiger partial charge in [0, 0.05) is 19.6 Å². The van der Waals surface area contributed by atoms with Crippen LogP contribution in [0.4, 0.5) is 17.1 Å². The van der Waals surface area contributed by atoms with E-state index in [-0.39, 0.29) is 5.91 Å². The second-order valence-corrected chi connectivity index (χ2v) is 8.05. The molecule has 3 aromatic carbocycles. The monoisotopic (exact) mass is 445 g/mol. The smallest absolute Gasteiger partial charge is 0.257 e. The number of para-hydroxylation sites is 1. The number of anilines is 3. The van der Waals surface area contributed by atoms with Gasteiger partial charge < -0.3 is 24.8 Å². The van der Waals surface area contributed by atoms with E-state index in [1.54, 1.807) is 7.11 Å². The minimum absolute atomic E-state index is 0.154. The second kappa shape index (κ2) is 9.52. The van der Waals surface area contributed by atoms with Gasteiger partial charge in [-0.1, -0.05) is 24.3 Å². The molecule has 0 radical (unpaired) electrons. The van der Waals surface area contributed by atoms with Gasteiger partial charge in [0.05, 0.1) is 37.3 Å². The number of hydrogen-bond acceptors (Lipinski definition) is 6. The molecule has 7 nitrogen and oxygen atoms in total. The van der Waals surface area contributed by atoms with Crippen molar-refractivity contribution in [2.45, 2.75) is 0 Å². The Hall–Kier alpha value is -3.55. The zero-order chi connectivity index (χ0) is 22.6. The van der Waals surface area contributed by atoms with Crippen LogP contribution in [-0.4, -0.2) is 57.4 Å². The number of methoxy groups -OCH3 is 1. The fourth-order valence-electron chi connectivity index (χ4n) is 4.15. The first-order valence-corrected chi connectivity index (χ1v) is 11.1. The Morgan fingerprint density at radius 3 is 2.61 bits per heavy atom. The number of nitrogens with zero attached hydrogens (tertiary/aromatic N) is 1. The topological polar surface area (TPSA) is 72.1 Å². The first-order valence-electron chi connectivity index (χ1n) is 11.1. The molecule has 1 fully saturated rings. The Kier molecular flexibility index (Phi) is 6.15. The number of hydrogen-bond donors (Lipinski definition) is 2. The van der Waals surface area contributed by atoms with E-state index < -0.39 is 0 Å². The summed E-state index contributed by atoms with van der Waals surface area (Å²) in [6.07, 6.45) is 0. The quantitative estimate of drug-likeness (QED) is 0.587. The Morgan fingerprint density at radius 1 is 0.939 bits per heavy atom. The molecule has 0 unspecified atom stereocenters. The third-order valence-electron chi connectivity index (χ3n) is 5.97. The summed E-state index contributed by atoms with van der Waals surface area (Å²) in [5.74, 6) is 1.34. The number of rotatable bonds is 6. The van der Waals surface area contributed by atoms with Crippen molar-refractivity contribution in [1.82, 2.24) is 4.90 Å². The van der Waals surface area contributed by atoms with Crippen molar-refractivity contribution in [3.8, 4) is 22.6 Å². The number of nitrogens with one attached hydrogen (secondary N) is 2. The standard InChI is InChI=1S/C26H27N3O4/c1-31-20-5-2-4-18(16-20)19-8-9-21-23(17-19)27-25-22(28-26(21)30)6-3-7-24(25)33-15-12-29-10-13-32-14-11-29/h2-9,16-17,27H,10-15H2,1H3,(H,28,30). The van der Waals surface area contributed by atoms with E-state index in [4.69, 9.17) is 14.2 Å². The molecular formula is C26H27N3O4. The average molecular weight is 446 g/mol. The lowest BCUT2D eigenvalue weighted by atomic mass is 10.0. The molecule has 5 rings (SSSR count). The van der Waals surface area contributed by atoms with Gasteiger partial charge in [0.2, 0.25) is 0 Å². The molecule has 7 heteroatoms. The zero-order valence-corrected chi connectivity index (χ0v) is 18.6. The van der Waals surface area contributed by atoms with Crippen LogP contribution in [0.2, 0.25) is 0 Å². The minimum atomic E-state index is -0.154. The molecular weight excluding hydrogens is 418 g/mol. The predicted molar refractivity (Wildman–Crippen MR) is 129 cm³/mol. The Bertz CT molecular complexity index is 1160. The van der Waals surface area contributed by atoms with Crippen LogP contribution in [0.3, 0.4) is 0 Å². The lowest BCUT2D eigenvalue weighted by molar-refractivity contribution is 0.0323. The summed E-state index contributed by atoms with van der Waals surface area (Å²) in [4.78, 5) is 15.2. The molecule has 2 aliphatic heterocycles. The van der Waals surface area contributed by atoms with Crippen LogP contribution in [0.15, 0.2) is 60.7 Å². The summed E-state index contributed by atoms with van der Waals surface area (Å²) < 4.78 is 16.9. The number of carbonyl (C=O) groups is 1. The molecule has 1 amide bonds. The van der Waals surface area contributed by atoms with E-state index in [9.17, 15) is 4.79 Å². The van der Waals surface area contributed by atoms with Crippen LogP contribution >= 0.6 is 0 Å². The van der Waals surface area contributed by atoms with Gasteiger partial charge in [-0.25, -0.2) is 0 Å². The lowest BCUT2D eigenvalue weighted by Crippen LogP contribution is -2.38. The number of ether oxygens (including phenoxy) is 3. The summed E-state index contributed by atoms with van der Waals surface area (Å²) in [6.45, 7) is 4.76. The van der Waals surface area contributed by atoms with Crippen LogP contribution in [0.5, 0.6) is 11.5 Å². The SMILES string of the molecule is COc1cccc(-c2ccc3c(c2)Nc2c(cccc2OCCN2CCOCC2)NC3=O)c1. The summed E-state index contributed by atoms with van der Waals surface area (Å²) in [5, 5.41) is 6.46. The van der Waals surface area contributed by atoms with Crippen molar-refractivity contribution >= 4 is 23.0 Å². The van der Waals surface area contributed by atoms with E-state index in [2.05, 4.69) is 15.5 Å². The van der Waals surface area contributed by atoms with Gasteiger partial charge in [0.25, 0.3) is 5.91 Å². The lowest BCUT2D eigenvalue weighted by Gasteiger charge is -2.26. The van der Waals surface area contributed by atoms with E-state index in [1.807, 2.05) is 60.7 Å². The maximum Gasteiger partial charge on any atom is 0.257 e. The van der Waals surface area contributed by atoms with Crippen LogP contribution in [0.25, 0.3) is 11.1 Å². The maximum atomic E-state index is 12.9. The van der Waals surface area contributed by atoms with Gasteiger partial charge in [-0.2, -0.15) is 0 Å². The molecule has 2 aliphatic rings. The fourth-order valence-corrected chi connectivity index (χ4v) is 4.15. The normalized spacial score (nSPS) is 15.5. The van der Waals surface area contributed by atoms with Crippen molar-refractivity contribution in [2.24, 2.45) is 0 Å². The highest BCUT2D eigenvalue weighted by Crippen LogP contribution is 2.40. The molecule has 0 aromatic heterocycles. The van der Waals surface area contributed by atoms with Gasteiger partial charge in [-0.05, 0) is 47.5 Å².